The normalized spacial score (nSPS) is 21.5. The predicted molar refractivity (Wildman–Crippen MR) is 76.4 cm³/mol. The van der Waals surface area contributed by atoms with Crippen LogP contribution in [0.5, 0.6) is 0 Å². The molecule has 1 aliphatic rings. The van der Waals surface area contributed by atoms with Crippen LogP contribution in [0.2, 0.25) is 0 Å². The number of benzene rings is 1. The molecule has 3 nitrogen and oxygen atoms in total. The standard InChI is InChI=1S/C16H23NO2/c1-3-15(16(18)14-7-5-4-6-8-14)17-10-9-13(11-17)12-19-2/h4-8,13,15H,3,9-12H2,1-2H3. The summed E-state index contributed by atoms with van der Waals surface area (Å²) in [4.78, 5) is 14.9. The van der Waals surface area contributed by atoms with Crippen LogP contribution in [0.4, 0.5) is 0 Å². The van der Waals surface area contributed by atoms with Crippen LogP contribution < -0.4 is 0 Å². The highest BCUT2D eigenvalue weighted by Gasteiger charge is 2.31. The lowest BCUT2D eigenvalue weighted by atomic mass is 10.0. The second kappa shape index (κ2) is 6.83. The van der Waals surface area contributed by atoms with E-state index in [4.69, 9.17) is 4.74 Å². The first-order valence-electron chi connectivity index (χ1n) is 7.08. The average Bonchev–Trinajstić information content (AvgIpc) is 2.89. The fourth-order valence-corrected chi connectivity index (χ4v) is 2.92. The van der Waals surface area contributed by atoms with Gasteiger partial charge in [-0.1, -0.05) is 37.3 Å². The first-order valence-corrected chi connectivity index (χ1v) is 7.08. The molecule has 0 radical (unpaired) electrons. The summed E-state index contributed by atoms with van der Waals surface area (Å²) in [5.41, 5.74) is 0.824. The molecule has 3 heteroatoms. The van der Waals surface area contributed by atoms with Gasteiger partial charge in [0, 0.05) is 19.2 Å². The quantitative estimate of drug-likeness (QED) is 0.737. The Labute approximate surface area is 115 Å². The monoisotopic (exact) mass is 261 g/mol. The molecule has 1 heterocycles. The Morgan fingerprint density at radius 1 is 1.42 bits per heavy atom. The number of rotatable bonds is 6. The largest absolute Gasteiger partial charge is 0.384 e. The Morgan fingerprint density at radius 2 is 2.16 bits per heavy atom. The summed E-state index contributed by atoms with van der Waals surface area (Å²) >= 11 is 0. The summed E-state index contributed by atoms with van der Waals surface area (Å²) in [6.45, 7) is 4.87. The van der Waals surface area contributed by atoms with Crippen molar-refractivity contribution < 1.29 is 9.53 Å². The highest BCUT2D eigenvalue weighted by molar-refractivity contribution is 6.00. The van der Waals surface area contributed by atoms with Gasteiger partial charge in [0.1, 0.15) is 0 Å². The molecule has 1 aliphatic heterocycles. The zero-order chi connectivity index (χ0) is 13.7. The van der Waals surface area contributed by atoms with Crippen molar-refractivity contribution in [2.45, 2.75) is 25.8 Å². The number of likely N-dealkylation sites (tertiary alicyclic amines) is 1. The smallest absolute Gasteiger partial charge is 0.179 e. The zero-order valence-corrected chi connectivity index (χ0v) is 11.8. The van der Waals surface area contributed by atoms with Crippen molar-refractivity contribution in [2.24, 2.45) is 5.92 Å². The first kappa shape index (κ1) is 14.2. The molecule has 0 aromatic heterocycles. The lowest BCUT2D eigenvalue weighted by molar-refractivity contribution is 0.0827. The summed E-state index contributed by atoms with van der Waals surface area (Å²) in [6, 6.07) is 9.64. The molecule has 1 aromatic rings. The molecular formula is C16H23NO2. The number of Topliss-reactive ketones (excluding diaryl/α,β-unsaturated/α-hetero) is 1. The van der Waals surface area contributed by atoms with Crippen molar-refractivity contribution in [1.29, 1.82) is 0 Å². The summed E-state index contributed by atoms with van der Waals surface area (Å²) in [5.74, 6) is 0.823. The summed E-state index contributed by atoms with van der Waals surface area (Å²) in [5, 5.41) is 0. The van der Waals surface area contributed by atoms with Crippen molar-refractivity contribution in [3.63, 3.8) is 0 Å². The first-order chi connectivity index (χ1) is 9.26. The maximum atomic E-state index is 12.6. The van der Waals surface area contributed by atoms with Crippen LogP contribution >= 0.6 is 0 Å². The van der Waals surface area contributed by atoms with Gasteiger partial charge in [-0.2, -0.15) is 0 Å². The van der Waals surface area contributed by atoms with Crippen molar-refractivity contribution >= 4 is 5.78 Å². The van der Waals surface area contributed by atoms with Crippen LogP contribution in [0, 0.1) is 5.92 Å². The van der Waals surface area contributed by atoms with Gasteiger partial charge in [0.15, 0.2) is 5.78 Å². The molecule has 2 unspecified atom stereocenters. The van der Waals surface area contributed by atoms with E-state index in [1.165, 1.54) is 0 Å². The molecule has 0 spiro atoms. The molecule has 0 bridgehead atoms. The number of ketones is 1. The van der Waals surface area contributed by atoms with E-state index in [9.17, 15) is 4.79 Å². The van der Waals surface area contributed by atoms with Gasteiger partial charge in [0.05, 0.1) is 12.6 Å². The van der Waals surface area contributed by atoms with Gasteiger partial charge in [-0.05, 0) is 25.3 Å². The topological polar surface area (TPSA) is 29.5 Å². The highest BCUT2D eigenvalue weighted by Crippen LogP contribution is 2.22. The molecule has 0 amide bonds. The third-order valence-electron chi connectivity index (χ3n) is 3.91. The van der Waals surface area contributed by atoms with E-state index in [0.717, 1.165) is 38.1 Å². The third-order valence-corrected chi connectivity index (χ3v) is 3.91. The van der Waals surface area contributed by atoms with E-state index in [0.29, 0.717) is 5.92 Å². The van der Waals surface area contributed by atoms with Gasteiger partial charge >= 0.3 is 0 Å². The number of hydrogen-bond acceptors (Lipinski definition) is 3. The van der Waals surface area contributed by atoms with E-state index in [2.05, 4.69) is 11.8 Å². The van der Waals surface area contributed by atoms with Gasteiger partial charge < -0.3 is 4.74 Å². The van der Waals surface area contributed by atoms with E-state index in [1.54, 1.807) is 7.11 Å². The molecular weight excluding hydrogens is 238 g/mol. The molecule has 0 N–H and O–H groups in total. The third kappa shape index (κ3) is 3.43. The second-order valence-corrected chi connectivity index (χ2v) is 5.26. The molecule has 2 atom stereocenters. The molecule has 1 fully saturated rings. The SMILES string of the molecule is CCC(C(=O)c1ccccc1)N1CCC(COC)C1. The van der Waals surface area contributed by atoms with E-state index < -0.39 is 0 Å². The molecule has 1 aromatic carbocycles. The number of ether oxygens (including phenoxy) is 1. The Balaban J connectivity index is 2.03. The molecule has 2 rings (SSSR count). The lowest BCUT2D eigenvalue weighted by Gasteiger charge is -2.25. The number of nitrogens with zero attached hydrogens (tertiary/aromatic N) is 1. The molecule has 1 saturated heterocycles. The van der Waals surface area contributed by atoms with E-state index in [1.807, 2.05) is 30.3 Å². The van der Waals surface area contributed by atoms with Crippen LogP contribution in [-0.4, -0.2) is 43.5 Å². The van der Waals surface area contributed by atoms with Gasteiger partial charge in [0.2, 0.25) is 0 Å². The molecule has 104 valence electrons. The van der Waals surface area contributed by atoms with Gasteiger partial charge in [-0.3, -0.25) is 9.69 Å². The van der Waals surface area contributed by atoms with Crippen LogP contribution in [0.15, 0.2) is 30.3 Å². The van der Waals surface area contributed by atoms with E-state index in [-0.39, 0.29) is 11.8 Å². The second-order valence-electron chi connectivity index (χ2n) is 5.26. The number of carbonyl (C=O) groups excluding carboxylic acids is 1. The Bertz CT molecular complexity index is 404. The van der Waals surface area contributed by atoms with Crippen LogP contribution in [-0.2, 0) is 4.74 Å². The van der Waals surface area contributed by atoms with E-state index >= 15 is 0 Å². The van der Waals surface area contributed by atoms with Gasteiger partial charge in [-0.25, -0.2) is 0 Å². The Kier molecular flexibility index (Phi) is 5.11. The lowest BCUT2D eigenvalue weighted by Crippen LogP contribution is -2.39. The summed E-state index contributed by atoms with van der Waals surface area (Å²) in [6.07, 6.45) is 2.00. The Hall–Kier alpha value is -1.19. The predicted octanol–water partition coefficient (Wildman–Crippen LogP) is 2.62. The van der Waals surface area contributed by atoms with Crippen molar-refractivity contribution in [3.05, 3.63) is 35.9 Å². The minimum atomic E-state index is 0.0178. The number of carbonyl (C=O) groups is 1. The van der Waals surface area contributed by atoms with Crippen molar-refractivity contribution in [2.75, 3.05) is 26.8 Å². The minimum Gasteiger partial charge on any atom is -0.384 e. The Morgan fingerprint density at radius 3 is 2.79 bits per heavy atom. The van der Waals surface area contributed by atoms with Crippen LogP contribution in [0.25, 0.3) is 0 Å². The molecule has 19 heavy (non-hydrogen) atoms. The van der Waals surface area contributed by atoms with Gasteiger partial charge in [-0.15, -0.1) is 0 Å². The van der Waals surface area contributed by atoms with Crippen LogP contribution in [0.3, 0.4) is 0 Å². The van der Waals surface area contributed by atoms with Gasteiger partial charge in [0.25, 0.3) is 0 Å². The van der Waals surface area contributed by atoms with Crippen molar-refractivity contribution in [1.82, 2.24) is 4.90 Å². The molecule has 0 saturated carbocycles. The fraction of sp³-hybridized carbons (Fsp3) is 0.562. The number of hydrogen-bond donors (Lipinski definition) is 0. The maximum Gasteiger partial charge on any atom is 0.179 e. The summed E-state index contributed by atoms with van der Waals surface area (Å²) < 4.78 is 5.22. The van der Waals surface area contributed by atoms with Crippen LogP contribution in [0.1, 0.15) is 30.1 Å². The minimum absolute atomic E-state index is 0.0178. The summed E-state index contributed by atoms with van der Waals surface area (Å²) in [7, 11) is 1.75. The zero-order valence-electron chi connectivity index (χ0n) is 11.8. The van der Waals surface area contributed by atoms with Crippen molar-refractivity contribution in [3.8, 4) is 0 Å². The highest BCUT2D eigenvalue weighted by atomic mass is 16.5. The fourth-order valence-electron chi connectivity index (χ4n) is 2.92. The molecule has 0 aliphatic carbocycles. The number of methoxy groups -OCH3 is 1. The average molecular weight is 261 g/mol. The maximum absolute atomic E-state index is 12.6.